The third-order valence-corrected chi connectivity index (χ3v) is 5.48. The van der Waals surface area contributed by atoms with E-state index in [4.69, 9.17) is 0 Å². The van der Waals surface area contributed by atoms with Crippen molar-refractivity contribution in [2.24, 2.45) is 5.92 Å². The Hall–Kier alpha value is -2.66. The van der Waals surface area contributed by atoms with Crippen molar-refractivity contribution in [1.29, 1.82) is 0 Å². The van der Waals surface area contributed by atoms with Gasteiger partial charge in [-0.25, -0.2) is 0 Å². The minimum absolute atomic E-state index is 0.0555. The van der Waals surface area contributed by atoms with Crippen molar-refractivity contribution in [3.63, 3.8) is 0 Å². The number of carbonyl (C=O) groups is 2. The van der Waals surface area contributed by atoms with E-state index in [2.05, 4.69) is 36.5 Å². The Balaban J connectivity index is 1.88. The topological polar surface area (TPSA) is 52.6 Å². The van der Waals surface area contributed by atoms with Crippen molar-refractivity contribution in [1.82, 2.24) is 15.1 Å². The number of hydrogen-bond acceptors (Lipinski definition) is 3. The molecule has 1 fully saturated rings. The molecule has 0 spiro atoms. The fraction of sp³-hybridized carbons (Fsp3) is 0.417. The lowest BCUT2D eigenvalue weighted by atomic mass is 9.91. The van der Waals surface area contributed by atoms with E-state index >= 15 is 0 Å². The van der Waals surface area contributed by atoms with Crippen LogP contribution in [0.3, 0.4) is 0 Å². The number of benzene rings is 2. The van der Waals surface area contributed by atoms with Crippen LogP contribution in [0.25, 0.3) is 11.1 Å². The molecule has 2 amide bonds. The highest BCUT2D eigenvalue weighted by molar-refractivity contribution is 5.83. The highest BCUT2D eigenvalue weighted by Gasteiger charge is 2.32. The molecule has 1 atom stereocenters. The van der Waals surface area contributed by atoms with Crippen LogP contribution in [-0.2, 0) is 16.0 Å². The quantitative estimate of drug-likeness (QED) is 0.787. The molecule has 1 saturated heterocycles. The van der Waals surface area contributed by atoms with Crippen LogP contribution in [-0.4, -0.2) is 61.4 Å². The molecule has 29 heavy (non-hydrogen) atoms. The van der Waals surface area contributed by atoms with Gasteiger partial charge in [0.05, 0.1) is 12.5 Å². The molecule has 1 aliphatic rings. The average molecular weight is 394 g/mol. The molecule has 5 nitrogen and oxygen atoms in total. The summed E-state index contributed by atoms with van der Waals surface area (Å²) in [5, 5.41) is 2.94. The molecule has 3 rings (SSSR count). The second kappa shape index (κ2) is 10.2. The lowest BCUT2D eigenvalue weighted by Gasteiger charge is -2.24. The second-order valence-corrected chi connectivity index (χ2v) is 7.62. The molecule has 0 bridgehead atoms. The largest absolute Gasteiger partial charge is 0.341 e. The van der Waals surface area contributed by atoms with Gasteiger partial charge in [0.2, 0.25) is 11.8 Å². The minimum atomic E-state index is -0.227. The fourth-order valence-corrected chi connectivity index (χ4v) is 4.04. The van der Waals surface area contributed by atoms with Crippen molar-refractivity contribution < 1.29 is 9.59 Å². The molecule has 0 unspecified atom stereocenters. The first-order chi connectivity index (χ1) is 14.1. The minimum Gasteiger partial charge on any atom is -0.341 e. The van der Waals surface area contributed by atoms with Crippen molar-refractivity contribution in [3.8, 4) is 11.1 Å². The number of nitrogens with one attached hydrogen (secondary N) is 1. The van der Waals surface area contributed by atoms with Gasteiger partial charge in [-0.2, -0.15) is 0 Å². The maximum Gasteiger partial charge on any atom is 0.236 e. The van der Waals surface area contributed by atoms with E-state index in [9.17, 15) is 9.59 Å². The highest BCUT2D eigenvalue weighted by Crippen LogP contribution is 2.27. The Morgan fingerprint density at radius 3 is 2.52 bits per heavy atom. The van der Waals surface area contributed by atoms with Gasteiger partial charge in [0.1, 0.15) is 0 Å². The molecule has 1 N–H and O–H groups in total. The molecular weight excluding hydrogens is 362 g/mol. The van der Waals surface area contributed by atoms with Gasteiger partial charge in [-0.1, -0.05) is 61.5 Å². The SMILES string of the molecule is CCCN1CCN(C(=O)CNC)C[C@H](Cc2ccccc2-c2ccccc2)C1=O. The monoisotopic (exact) mass is 393 g/mol. The van der Waals surface area contributed by atoms with Crippen LogP contribution in [0.15, 0.2) is 54.6 Å². The molecule has 1 aliphatic heterocycles. The summed E-state index contributed by atoms with van der Waals surface area (Å²) in [6.07, 6.45) is 1.55. The summed E-state index contributed by atoms with van der Waals surface area (Å²) in [6.45, 7) is 4.81. The van der Waals surface area contributed by atoms with Crippen LogP contribution in [0.2, 0.25) is 0 Å². The molecule has 0 radical (unpaired) electrons. The zero-order chi connectivity index (χ0) is 20.6. The highest BCUT2D eigenvalue weighted by atomic mass is 16.2. The smallest absolute Gasteiger partial charge is 0.236 e. The van der Waals surface area contributed by atoms with E-state index in [1.54, 1.807) is 7.05 Å². The summed E-state index contributed by atoms with van der Waals surface area (Å²) in [5.74, 6) is -0.0100. The zero-order valence-corrected chi connectivity index (χ0v) is 17.4. The first-order valence-electron chi connectivity index (χ1n) is 10.5. The number of carbonyl (C=O) groups excluding carboxylic acids is 2. The first kappa shape index (κ1) is 21.1. The maximum absolute atomic E-state index is 13.3. The van der Waals surface area contributed by atoms with Crippen LogP contribution in [0.1, 0.15) is 18.9 Å². The van der Waals surface area contributed by atoms with Gasteiger partial charge >= 0.3 is 0 Å². The predicted molar refractivity (Wildman–Crippen MR) is 116 cm³/mol. The lowest BCUT2D eigenvalue weighted by molar-refractivity contribution is -0.134. The molecule has 5 heteroatoms. The van der Waals surface area contributed by atoms with Crippen molar-refractivity contribution in [2.75, 3.05) is 39.8 Å². The molecule has 0 saturated carbocycles. The number of nitrogens with zero attached hydrogens (tertiary/aromatic N) is 2. The van der Waals surface area contributed by atoms with Crippen LogP contribution in [0, 0.1) is 5.92 Å². The number of rotatable bonds is 7. The summed E-state index contributed by atoms with van der Waals surface area (Å²) in [6, 6.07) is 18.5. The van der Waals surface area contributed by atoms with E-state index < -0.39 is 0 Å². The van der Waals surface area contributed by atoms with Crippen LogP contribution >= 0.6 is 0 Å². The summed E-state index contributed by atoms with van der Waals surface area (Å²) < 4.78 is 0. The Morgan fingerprint density at radius 2 is 1.79 bits per heavy atom. The first-order valence-corrected chi connectivity index (χ1v) is 10.5. The average Bonchev–Trinajstić information content (AvgIpc) is 2.89. The summed E-state index contributed by atoms with van der Waals surface area (Å²) in [7, 11) is 1.78. The fourth-order valence-electron chi connectivity index (χ4n) is 4.04. The summed E-state index contributed by atoms with van der Waals surface area (Å²) in [4.78, 5) is 29.6. The molecule has 2 aromatic carbocycles. The molecule has 2 aromatic rings. The molecule has 1 heterocycles. The van der Waals surface area contributed by atoms with E-state index in [0.717, 1.165) is 29.7 Å². The standard InChI is InChI=1S/C24H31N3O2/c1-3-13-26-14-15-27(23(28)17-25-2)18-21(24(26)29)16-20-11-7-8-12-22(20)19-9-5-4-6-10-19/h4-12,21,25H,3,13-18H2,1-2H3/t21-/m0/s1. The molecular formula is C24H31N3O2. The number of hydrogen-bond donors (Lipinski definition) is 1. The van der Waals surface area contributed by atoms with Gasteiger partial charge in [-0.05, 0) is 36.6 Å². The van der Waals surface area contributed by atoms with E-state index in [1.807, 2.05) is 40.1 Å². The molecule has 154 valence electrons. The van der Waals surface area contributed by atoms with E-state index in [1.165, 1.54) is 0 Å². The Labute approximate surface area is 173 Å². The normalized spacial score (nSPS) is 17.3. The van der Waals surface area contributed by atoms with Gasteiger partial charge in [0.25, 0.3) is 0 Å². The Kier molecular flexibility index (Phi) is 7.42. The number of amides is 2. The predicted octanol–water partition coefficient (Wildman–Crippen LogP) is 2.81. The van der Waals surface area contributed by atoms with Gasteiger partial charge in [-0.3, -0.25) is 9.59 Å². The second-order valence-electron chi connectivity index (χ2n) is 7.62. The molecule has 0 aromatic heterocycles. The van der Waals surface area contributed by atoms with Gasteiger partial charge in [0, 0.05) is 26.2 Å². The summed E-state index contributed by atoms with van der Waals surface area (Å²) >= 11 is 0. The van der Waals surface area contributed by atoms with Crippen molar-refractivity contribution >= 4 is 11.8 Å². The summed E-state index contributed by atoms with van der Waals surface area (Å²) in [5.41, 5.74) is 3.45. The third kappa shape index (κ3) is 5.24. The Morgan fingerprint density at radius 1 is 1.07 bits per heavy atom. The van der Waals surface area contributed by atoms with Gasteiger partial charge in [0.15, 0.2) is 0 Å². The van der Waals surface area contributed by atoms with E-state index in [0.29, 0.717) is 32.6 Å². The Bertz CT molecular complexity index is 822. The van der Waals surface area contributed by atoms with Gasteiger partial charge in [-0.15, -0.1) is 0 Å². The van der Waals surface area contributed by atoms with Gasteiger partial charge < -0.3 is 15.1 Å². The van der Waals surface area contributed by atoms with Crippen molar-refractivity contribution in [3.05, 3.63) is 60.2 Å². The van der Waals surface area contributed by atoms with Crippen LogP contribution in [0.4, 0.5) is 0 Å². The van der Waals surface area contributed by atoms with Crippen LogP contribution in [0.5, 0.6) is 0 Å². The maximum atomic E-state index is 13.3. The zero-order valence-electron chi connectivity index (χ0n) is 17.4. The number of likely N-dealkylation sites (N-methyl/N-ethyl adjacent to an activating group) is 1. The van der Waals surface area contributed by atoms with Crippen LogP contribution < -0.4 is 5.32 Å². The van der Waals surface area contributed by atoms with E-state index in [-0.39, 0.29) is 17.7 Å². The third-order valence-electron chi connectivity index (χ3n) is 5.48. The molecule has 0 aliphatic carbocycles. The van der Waals surface area contributed by atoms with Crippen molar-refractivity contribution in [2.45, 2.75) is 19.8 Å². The lowest BCUT2D eigenvalue weighted by Crippen LogP contribution is -2.41.